The summed E-state index contributed by atoms with van der Waals surface area (Å²) in [6, 6.07) is 5.90. The fourth-order valence-electron chi connectivity index (χ4n) is 4.02. The number of hydrogen-bond acceptors (Lipinski definition) is 1. The summed E-state index contributed by atoms with van der Waals surface area (Å²) < 4.78 is 65.3. The van der Waals surface area contributed by atoms with Crippen LogP contribution >= 0.6 is 0 Å². The number of allylic oxidation sites excluding steroid dienone is 2. The number of rotatable bonds is 3. The maximum absolute atomic E-state index is 15.2. The monoisotopic (exact) mass is 376 g/mol. The highest BCUT2D eigenvalue weighted by Gasteiger charge is 2.50. The van der Waals surface area contributed by atoms with Gasteiger partial charge in [-0.3, -0.25) is 0 Å². The average Bonchev–Trinajstić information content (AvgIpc) is 2.88. The Hall–Kier alpha value is -2.30. The molecular formula is C22H20F4O. The predicted molar refractivity (Wildman–Crippen MR) is 95.8 cm³/mol. The van der Waals surface area contributed by atoms with Gasteiger partial charge in [0.1, 0.15) is 11.6 Å². The molecule has 0 spiro atoms. The van der Waals surface area contributed by atoms with E-state index in [-0.39, 0.29) is 34.8 Å². The Morgan fingerprint density at radius 1 is 1.04 bits per heavy atom. The second kappa shape index (κ2) is 6.39. The molecule has 0 radical (unpaired) electrons. The predicted octanol–water partition coefficient (Wildman–Crippen LogP) is 6.58. The molecule has 5 heteroatoms. The van der Waals surface area contributed by atoms with Gasteiger partial charge >= 0.3 is 5.92 Å². The van der Waals surface area contributed by atoms with Crippen molar-refractivity contribution in [2.24, 2.45) is 0 Å². The summed E-state index contributed by atoms with van der Waals surface area (Å²) in [5.41, 5.74) is -0.995. The van der Waals surface area contributed by atoms with Crippen LogP contribution in [0.3, 0.4) is 0 Å². The minimum Gasteiger partial charge on any atom is -0.498 e. The molecule has 1 nitrogen and oxygen atoms in total. The van der Waals surface area contributed by atoms with Crippen molar-refractivity contribution in [2.75, 3.05) is 6.61 Å². The summed E-state index contributed by atoms with van der Waals surface area (Å²) in [4.78, 5) is 0. The molecule has 0 N–H and O–H groups in total. The summed E-state index contributed by atoms with van der Waals surface area (Å²) in [7, 11) is 0. The summed E-state index contributed by atoms with van der Waals surface area (Å²) in [5.74, 6) is -5.08. The Morgan fingerprint density at radius 3 is 2.33 bits per heavy atom. The summed E-state index contributed by atoms with van der Waals surface area (Å²) >= 11 is 0. The highest BCUT2D eigenvalue weighted by molar-refractivity contribution is 5.80. The number of hydrogen-bond donors (Lipinski definition) is 0. The van der Waals surface area contributed by atoms with Crippen molar-refractivity contribution < 1.29 is 22.3 Å². The molecule has 1 atom stereocenters. The standard InChI is InChI=1S/C22H20F4O/c1-3-4-14-7-6-13(11-27-14)15-9-10-17-16-8-5-12(2)20(23)18(16)22(25,26)19(17)21(15)24/h5,7-10,13H,3-4,6,11H2,1-2H3. The first-order valence-corrected chi connectivity index (χ1v) is 9.18. The number of ether oxygens (including phenoxy) is 1. The van der Waals surface area contributed by atoms with Crippen LogP contribution in [0.4, 0.5) is 17.6 Å². The molecular weight excluding hydrogens is 356 g/mol. The van der Waals surface area contributed by atoms with Gasteiger partial charge in [0.25, 0.3) is 0 Å². The van der Waals surface area contributed by atoms with Crippen molar-refractivity contribution in [1.29, 1.82) is 0 Å². The molecule has 0 fully saturated rings. The Morgan fingerprint density at radius 2 is 1.70 bits per heavy atom. The second-order valence-electron chi connectivity index (χ2n) is 7.25. The van der Waals surface area contributed by atoms with Crippen LogP contribution in [0, 0.1) is 18.6 Å². The third kappa shape index (κ3) is 2.67. The molecule has 0 saturated carbocycles. The lowest BCUT2D eigenvalue weighted by atomic mass is 9.90. The molecule has 27 heavy (non-hydrogen) atoms. The number of fused-ring (bicyclic) bond motifs is 3. The van der Waals surface area contributed by atoms with Gasteiger partial charge in [0.05, 0.1) is 23.5 Å². The molecule has 0 amide bonds. The molecule has 1 unspecified atom stereocenters. The fraction of sp³-hybridized carbons (Fsp3) is 0.364. The van der Waals surface area contributed by atoms with E-state index in [4.69, 9.17) is 4.74 Å². The van der Waals surface area contributed by atoms with Crippen molar-refractivity contribution >= 4 is 0 Å². The van der Waals surface area contributed by atoms with Crippen LogP contribution in [0.25, 0.3) is 11.1 Å². The van der Waals surface area contributed by atoms with E-state index < -0.39 is 28.7 Å². The third-order valence-corrected chi connectivity index (χ3v) is 5.46. The maximum Gasteiger partial charge on any atom is 0.305 e. The van der Waals surface area contributed by atoms with Gasteiger partial charge in [-0.2, -0.15) is 8.78 Å². The Labute approximate surface area is 155 Å². The van der Waals surface area contributed by atoms with Crippen molar-refractivity contribution in [2.45, 2.75) is 45.0 Å². The van der Waals surface area contributed by atoms with Gasteiger partial charge in [0, 0.05) is 12.3 Å². The normalized spacial score (nSPS) is 19.9. The van der Waals surface area contributed by atoms with E-state index in [2.05, 4.69) is 0 Å². The van der Waals surface area contributed by atoms with Crippen molar-refractivity contribution in [3.63, 3.8) is 0 Å². The molecule has 1 aliphatic heterocycles. The van der Waals surface area contributed by atoms with Crippen molar-refractivity contribution in [3.8, 4) is 11.1 Å². The van der Waals surface area contributed by atoms with Gasteiger partial charge < -0.3 is 4.74 Å². The van der Waals surface area contributed by atoms with E-state index in [0.717, 1.165) is 18.6 Å². The van der Waals surface area contributed by atoms with Gasteiger partial charge in [-0.1, -0.05) is 31.2 Å². The lowest BCUT2D eigenvalue weighted by molar-refractivity contribution is 0.0399. The van der Waals surface area contributed by atoms with E-state index in [0.29, 0.717) is 6.42 Å². The smallest absolute Gasteiger partial charge is 0.305 e. The Bertz CT molecular complexity index is 946. The highest BCUT2D eigenvalue weighted by atomic mass is 19.3. The molecule has 142 valence electrons. The van der Waals surface area contributed by atoms with Crippen molar-refractivity contribution in [3.05, 3.63) is 70.0 Å². The molecule has 0 saturated heterocycles. The van der Waals surface area contributed by atoms with Gasteiger partial charge in [0.15, 0.2) is 0 Å². The quantitative estimate of drug-likeness (QED) is 0.550. The maximum atomic E-state index is 15.2. The molecule has 1 aliphatic carbocycles. The zero-order valence-corrected chi connectivity index (χ0v) is 15.2. The lowest BCUT2D eigenvalue weighted by Crippen LogP contribution is -2.19. The largest absolute Gasteiger partial charge is 0.498 e. The molecule has 2 aromatic carbocycles. The van der Waals surface area contributed by atoms with Crippen LogP contribution in [0.1, 0.15) is 54.4 Å². The first-order chi connectivity index (χ1) is 12.9. The third-order valence-electron chi connectivity index (χ3n) is 5.46. The van der Waals surface area contributed by atoms with Crippen LogP contribution in [-0.4, -0.2) is 6.61 Å². The summed E-state index contributed by atoms with van der Waals surface area (Å²) in [6.45, 7) is 3.72. The topological polar surface area (TPSA) is 9.23 Å². The van der Waals surface area contributed by atoms with Gasteiger partial charge in [-0.15, -0.1) is 0 Å². The van der Waals surface area contributed by atoms with E-state index in [1.165, 1.54) is 31.2 Å². The van der Waals surface area contributed by atoms with E-state index >= 15 is 13.2 Å². The molecule has 2 aromatic rings. The van der Waals surface area contributed by atoms with Crippen LogP contribution in [0.15, 0.2) is 36.1 Å². The lowest BCUT2D eigenvalue weighted by Gasteiger charge is -2.25. The molecule has 0 bridgehead atoms. The van der Waals surface area contributed by atoms with Crippen LogP contribution < -0.4 is 0 Å². The first kappa shape index (κ1) is 18.1. The average molecular weight is 376 g/mol. The van der Waals surface area contributed by atoms with Gasteiger partial charge in [-0.25, -0.2) is 8.78 Å². The van der Waals surface area contributed by atoms with Gasteiger partial charge in [-0.05, 0) is 48.1 Å². The van der Waals surface area contributed by atoms with Crippen molar-refractivity contribution in [1.82, 2.24) is 0 Å². The van der Waals surface area contributed by atoms with Crippen LogP contribution in [0.2, 0.25) is 0 Å². The summed E-state index contributed by atoms with van der Waals surface area (Å²) in [5, 5.41) is 0. The number of alkyl halides is 2. The zero-order valence-electron chi connectivity index (χ0n) is 15.2. The second-order valence-corrected chi connectivity index (χ2v) is 7.25. The molecule has 4 rings (SSSR count). The van der Waals surface area contributed by atoms with E-state index in [9.17, 15) is 4.39 Å². The number of halogens is 4. The molecule has 1 heterocycles. The van der Waals surface area contributed by atoms with Crippen LogP contribution in [-0.2, 0) is 10.7 Å². The number of aryl methyl sites for hydroxylation is 1. The van der Waals surface area contributed by atoms with Gasteiger partial charge in [0.2, 0.25) is 0 Å². The Kier molecular flexibility index (Phi) is 4.28. The highest BCUT2D eigenvalue weighted by Crippen LogP contribution is 2.54. The number of benzene rings is 2. The zero-order chi connectivity index (χ0) is 19.3. The molecule has 2 aliphatic rings. The Balaban J connectivity index is 1.78. The summed E-state index contributed by atoms with van der Waals surface area (Å²) in [6.07, 6.45) is 4.20. The van der Waals surface area contributed by atoms with E-state index in [1.807, 2.05) is 13.0 Å². The molecule has 0 aromatic heterocycles. The van der Waals surface area contributed by atoms with Crippen LogP contribution in [0.5, 0.6) is 0 Å². The minimum absolute atomic E-state index is 0.0635. The first-order valence-electron chi connectivity index (χ1n) is 9.18. The SMILES string of the molecule is CCCC1=CCC(c2ccc3c(c2F)C(F)(F)c2c-3ccc(C)c2F)CO1. The van der Waals surface area contributed by atoms with E-state index in [1.54, 1.807) is 0 Å². The minimum atomic E-state index is -3.69. The fourth-order valence-corrected chi connectivity index (χ4v) is 4.02.